The molecule has 1 aromatic rings. The zero-order valence-electron chi connectivity index (χ0n) is 11.5. The van der Waals surface area contributed by atoms with E-state index in [1.807, 2.05) is 6.07 Å². The van der Waals surface area contributed by atoms with Crippen molar-refractivity contribution in [2.45, 2.75) is 51.0 Å². The maximum atomic E-state index is 5.84. The van der Waals surface area contributed by atoms with Crippen molar-refractivity contribution in [3.05, 3.63) is 18.0 Å². The average Bonchev–Trinajstić information content (AvgIpc) is 3.13. The van der Waals surface area contributed by atoms with E-state index in [0.717, 1.165) is 31.0 Å². The molecule has 0 saturated carbocycles. The standard InChI is InChI=1S/C13H20N4O2.HI/c1-2-14-13(15-8-9-5-6-18-17-9)16-11-7-10-3-4-12(11)19-10;/h5-6,10-12H,2-4,7-8H2,1H3,(H2,14,15,16);1H. The van der Waals surface area contributed by atoms with Gasteiger partial charge in [0.25, 0.3) is 0 Å². The van der Waals surface area contributed by atoms with E-state index in [9.17, 15) is 0 Å². The summed E-state index contributed by atoms with van der Waals surface area (Å²) in [6.45, 7) is 3.42. The third-order valence-electron chi connectivity index (χ3n) is 3.66. The number of rotatable bonds is 4. The molecule has 3 rings (SSSR count). The number of nitrogens with zero attached hydrogens (tertiary/aromatic N) is 2. The maximum absolute atomic E-state index is 5.84. The van der Waals surface area contributed by atoms with Crippen LogP contribution >= 0.6 is 24.0 Å². The molecule has 6 nitrogen and oxygen atoms in total. The van der Waals surface area contributed by atoms with Crippen molar-refractivity contribution in [3.8, 4) is 0 Å². The summed E-state index contributed by atoms with van der Waals surface area (Å²) in [5, 5.41) is 10.6. The van der Waals surface area contributed by atoms with E-state index < -0.39 is 0 Å². The first-order chi connectivity index (χ1) is 9.35. The molecule has 2 N–H and O–H groups in total. The summed E-state index contributed by atoms with van der Waals surface area (Å²) in [6.07, 6.45) is 5.80. The zero-order valence-corrected chi connectivity index (χ0v) is 13.9. The average molecular weight is 392 g/mol. The van der Waals surface area contributed by atoms with Gasteiger partial charge in [-0.2, -0.15) is 0 Å². The minimum absolute atomic E-state index is 0. The number of halogens is 1. The van der Waals surface area contributed by atoms with Crippen LogP contribution in [0.5, 0.6) is 0 Å². The van der Waals surface area contributed by atoms with Crippen molar-refractivity contribution in [2.24, 2.45) is 4.99 Å². The number of aromatic nitrogens is 1. The predicted molar refractivity (Wildman–Crippen MR) is 86.2 cm³/mol. The molecule has 0 amide bonds. The van der Waals surface area contributed by atoms with Crippen LogP contribution in [0.15, 0.2) is 21.8 Å². The van der Waals surface area contributed by atoms with Crippen molar-refractivity contribution in [2.75, 3.05) is 6.54 Å². The van der Waals surface area contributed by atoms with Gasteiger partial charge in [-0.1, -0.05) is 5.16 Å². The van der Waals surface area contributed by atoms with Gasteiger partial charge in [-0.15, -0.1) is 24.0 Å². The van der Waals surface area contributed by atoms with E-state index >= 15 is 0 Å². The fraction of sp³-hybridized carbons (Fsp3) is 0.692. The van der Waals surface area contributed by atoms with Gasteiger partial charge in [-0.05, 0) is 26.2 Å². The summed E-state index contributed by atoms with van der Waals surface area (Å²) in [6, 6.07) is 2.21. The van der Waals surface area contributed by atoms with Crippen molar-refractivity contribution in [1.82, 2.24) is 15.8 Å². The maximum Gasteiger partial charge on any atom is 0.191 e. The quantitative estimate of drug-likeness (QED) is 0.464. The van der Waals surface area contributed by atoms with Gasteiger partial charge in [-0.25, -0.2) is 4.99 Å². The Hall–Kier alpha value is -0.830. The second-order valence-electron chi connectivity index (χ2n) is 5.05. The second-order valence-corrected chi connectivity index (χ2v) is 5.05. The molecule has 2 aliphatic heterocycles. The Morgan fingerprint density at radius 3 is 3.00 bits per heavy atom. The van der Waals surface area contributed by atoms with Gasteiger partial charge in [0.15, 0.2) is 5.96 Å². The molecule has 20 heavy (non-hydrogen) atoms. The SMILES string of the molecule is CCNC(=NCc1ccon1)NC1CC2CCC1O2.I. The molecule has 2 saturated heterocycles. The Kier molecular flexibility index (Phi) is 5.64. The highest BCUT2D eigenvalue weighted by Crippen LogP contribution is 2.34. The Labute approximate surface area is 135 Å². The van der Waals surface area contributed by atoms with Gasteiger partial charge in [-0.3, -0.25) is 0 Å². The van der Waals surface area contributed by atoms with Crippen LogP contribution in [0, 0.1) is 0 Å². The van der Waals surface area contributed by atoms with Crippen molar-refractivity contribution in [1.29, 1.82) is 0 Å². The molecule has 0 aromatic carbocycles. The van der Waals surface area contributed by atoms with Gasteiger partial charge in [0.05, 0.1) is 24.8 Å². The highest BCUT2D eigenvalue weighted by atomic mass is 127. The number of nitrogens with one attached hydrogen (secondary N) is 2. The largest absolute Gasteiger partial charge is 0.373 e. The topological polar surface area (TPSA) is 71.7 Å². The van der Waals surface area contributed by atoms with Gasteiger partial charge in [0.2, 0.25) is 0 Å². The molecule has 1 aromatic heterocycles. The third-order valence-corrected chi connectivity index (χ3v) is 3.66. The second kappa shape index (κ2) is 7.26. The smallest absolute Gasteiger partial charge is 0.191 e. The predicted octanol–water partition coefficient (Wildman–Crippen LogP) is 1.67. The highest BCUT2D eigenvalue weighted by Gasteiger charge is 2.41. The van der Waals surface area contributed by atoms with Gasteiger partial charge in [0.1, 0.15) is 12.0 Å². The van der Waals surface area contributed by atoms with E-state index in [1.165, 1.54) is 6.42 Å². The summed E-state index contributed by atoms with van der Waals surface area (Å²) < 4.78 is 10.6. The summed E-state index contributed by atoms with van der Waals surface area (Å²) in [7, 11) is 0. The van der Waals surface area contributed by atoms with Gasteiger partial charge >= 0.3 is 0 Å². The van der Waals surface area contributed by atoms with Crippen LogP contribution < -0.4 is 10.6 Å². The van der Waals surface area contributed by atoms with Crippen LogP contribution in [0.1, 0.15) is 31.9 Å². The first kappa shape index (κ1) is 15.6. The molecule has 3 atom stereocenters. The monoisotopic (exact) mass is 392 g/mol. The fourth-order valence-electron chi connectivity index (χ4n) is 2.76. The normalized spacial score (nSPS) is 28.2. The molecule has 0 spiro atoms. The zero-order chi connectivity index (χ0) is 13.1. The number of fused-ring (bicyclic) bond motifs is 2. The minimum atomic E-state index is 0. The number of hydrogen-bond donors (Lipinski definition) is 2. The number of hydrogen-bond acceptors (Lipinski definition) is 4. The minimum Gasteiger partial charge on any atom is -0.373 e. The lowest BCUT2D eigenvalue weighted by Gasteiger charge is -2.22. The fourth-order valence-corrected chi connectivity index (χ4v) is 2.76. The van der Waals surface area contributed by atoms with Crippen LogP contribution in [0.4, 0.5) is 0 Å². The number of guanidine groups is 1. The third kappa shape index (κ3) is 3.63. The molecule has 3 heterocycles. The van der Waals surface area contributed by atoms with Crippen LogP contribution in [-0.4, -0.2) is 35.9 Å². The summed E-state index contributed by atoms with van der Waals surface area (Å²) in [5.41, 5.74) is 0.835. The molecule has 0 radical (unpaired) electrons. The summed E-state index contributed by atoms with van der Waals surface area (Å²) in [4.78, 5) is 4.52. The van der Waals surface area contributed by atoms with E-state index in [-0.39, 0.29) is 24.0 Å². The Bertz CT molecular complexity index is 438. The molecular weight excluding hydrogens is 371 g/mol. The number of aliphatic imine (C=N–C) groups is 1. The van der Waals surface area contributed by atoms with Gasteiger partial charge < -0.3 is 19.9 Å². The molecular formula is C13H21IN4O2. The lowest BCUT2D eigenvalue weighted by molar-refractivity contribution is 0.0992. The van der Waals surface area contributed by atoms with Crippen molar-refractivity contribution >= 4 is 29.9 Å². The first-order valence-electron chi connectivity index (χ1n) is 6.94. The van der Waals surface area contributed by atoms with E-state index in [1.54, 1.807) is 6.26 Å². The van der Waals surface area contributed by atoms with Crippen LogP contribution in [0.3, 0.4) is 0 Å². The van der Waals surface area contributed by atoms with Crippen LogP contribution in [0.25, 0.3) is 0 Å². The van der Waals surface area contributed by atoms with E-state index in [4.69, 9.17) is 9.26 Å². The summed E-state index contributed by atoms with van der Waals surface area (Å²) >= 11 is 0. The molecule has 0 aliphatic carbocycles. The molecule has 7 heteroatoms. The Balaban J connectivity index is 0.00000147. The summed E-state index contributed by atoms with van der Waals surface area (Å²) in [5.74, 6) is 0.826. The molecule has 2 bridgehead atoms. The van der Waals surface area contributed by atoms with Crippen molar-refractivity contribution < 1.29 is 9.26 Å². The van der Waals surface area contributed by atoms with E-state index in [2.05, 4.69) is 27.7 Å². The van der Waals surface area contributed by atoms with Crippen LogP contribution in [0.2, 0.25) is 0 Å². The molecule has 2 aliphatic rings. The van der Waals surface area contributed by atoms with Gasteiger partial charge in [0, 0.05) is 12.6 Å². The molecule has 2 fully saturated rings. The Morgan fingerprint density at radius 1 is 1.50 bits per heavy atom. The Morgan fingerprint density at radius 2 is 2.40 bits per heavy atom. The number of ether oxygens (including phenoxy) is 1. The molecule has 3 unspecified atom stereocenters. The molecule has 112 valence electrons. The van der Waals surface area contributed by atoms with Crippen LogP contribution in [-0.2, 0) is 11.3 Å². The lowest BCUT2D eigenvalue weighted by Crippen LogP contribution is -2.47. The highest BCUT2D eigenvalue weighted by molar-refractivity contribution is 14.0. The first-order valence-corrected chi connectivity index (χ1v) is 6.94. The van der Waals surface area contributed by atoms with E-state index in [0.29, 0.717) is 24.8 Å². The van der Waals surface area contributed by atoms with Crippen molar-refractivity contribution in [3.63, 3.8) is 0 Å². The lowest BCUT2D eigenvalue weighted by atomic mass is 9.96.